The molecule has 0 aromatic carbocycles. The predicted molar refractivity (Wildman–Crippen MR) is 73.3 cm³/mol. The monoisotopic (exact) mass is 253 g/mol. The molecule has 0 bridgehead atoms. The summed E-state index contributed by atoms with van der Waals surface area (Å²) in [6.07, 6.45) is 5.81. The number of nitrogens with zero attached hydrogens (tertiary/aromatic N) is 2. The average Bonchev–Trinajstić information content (AvgIpc) is 2.39. The molecule has 0 aliphatic carbocycles. The number of likely N-dealkylation sites (tertiary alicyclic amines) is 2. The number of nitrogens with two attached hydrogens (primary N) is 1. The second kappa shape index (κ2) is 6.41. The first-order valence-corrected chi connectivity index (χ1v) is 7.44. The van der Waals surface area contributed by atoms with Crippen LogP contribution in [0.2, 0.25) is 0 Å². The molecule has 0 aromatic heterocycles. The topological polar surface area (TPSA) is 49.6 Å². The summed E-state index contributed by atoms with van der Waals surface area (Å²) in [6.45, 7) is 6.77. The first kappa shape index (κ1) is 13.7. The molecule has 4 heteroatoms. The van der Waals surface area contributed by atoms with E-state index in [4.69, 9.17) is 5.73 Å². The Kier molecular flexibility index (Phi) is 4.87. The molecule has 2 aliphatic rings. The molecule has 2 N–H and O–H groups in total. The van der Waals surface area contributed by atoms with Gasteiger partial charge in [-0.25, -0.2) is 4.79 Å². The summed E-state index contributed by atoms with van der Waals surface area (Å²) < 4.78 is 0. The molecule has 0 aromatic rings. The molecule has 0 saturated carbocycles. The van der Waals surface area contributed by atoms with E-state index in [0.29, 0.717) is 5.92 Å². The van der Waals surface area contributed by atoms with Crippen molar-refractivity contribution in [2.24, 2.45) is 17.6 Å². The molecule has 2 saturated heterocycles. The van der Waals surface area contributed by atoms with E-state index < -0.39 is 0 Å². The predicted octanol–water partition coefficient (Wildman–Crippen LogP) is 1.90. The van der Waals surface area contributed by atoms with Crippen LogP contribution in [0.1, 0.15) is 39.0 Å². The van der Waals surface area contributed by atoms with Crippen molar-refractivity contribution >= 4 is 6.03 Å². The molecule has 2 rings (SSSR count). The van der Waals surface area contributed by atoms with Crippen molar-refractivity contribution in [1.29, 1.82) is 0 Å². The zero-order valence-corrected chi connectivity index (χ0v) is 11.6. The first-order valence-electron chi connectivity index (χ1n) is 7.44. The fraction of sp³-hybridized carbons (Fsp3) is 0.929. The second-order valence-corrected chi connectivity index (χ2v) is 5.98. The lowest BCUT2D eigenvalue weighted by atomic mass is 9.93. The van der Waals surface area contributed by atoms with Gasteiger partial charge in [-0.05, 0) is 50.5 Å². The van der Waals surface area contributed by atoms with Crippen LogP contribution in [0.4, 0.5) is 4.79 Å². The van der Waals surface area contributed by atoms with Crippen LogP contribution in [0.15, 0.2) is 0 Å². The molecule has 1 unspecified atom stereocenters. The van der Waals surface area contributed by atoms with Crippen molar-refractivity contribution in [2.75, 3.05) is 32.7 Å². The van der Waals surface area contributed by atoms with Crippen LogP contribution in [0.5, 0.6) is 0 Å². The maximum absolute atomic E-state index is 12.4. The van der Waals surface area contributed by atoms with Gasteiger partial charge in [-0.1, -0.05) is 6.92 Å². The Morgan fingerprint density at radius 2 is 1.89 bits per heavy atom. The van der Waals surface area contributed by atoms with Crippen LogP contribution in [0.3, 0.4) is 0 Å². The molecule has 2 aliphatic heterocycles. The average molecular weight is 253 g/mol. The normalized spacial score (nSPS) is 26.4. The maximum Gasteiger partial charge on any atom is 0.320 e. The molecule has 0 spiro atoms. The van der Waals surface area contributed by atoms with E-state index in [1.807, 2.05) is 4.90 Å². The molecular formula is C14H27N3O. The van der Waals surface area contributed by atoms with Crippen molar-refractivity contribution in [3.8, 4) is 0 Å². The smallest absolute Gasteiger partial charge is 0.320 e. The third kappa shape index (κ3) is 3.37. The first-order chi connectivity index (χ1) is 8.70. The summed E-state index contributed by atoms with van der Waals surface area (Å²) in [4.78, 5) is 16.5. The summed E-state index contributed by atoms with van der Waals surface area (Å²) in [5.74, 6) is 1.40. The third-order valence-electron chi connectivity index (χ3n) is 4.39. The van der Waals surface area contributed by atoms with Gasteiger partial charge in [0.25, 0.3) is 0 Å². The highest BCUT2D eigenvalue weighted by Gasteiger charge is 2.28. The van der Waals surface area contributed by atoms with Gasteiger partial charge in [-0.3, -0.25) is 0 Å². The highest BCUT2D eigenvalue weighted by molar-refractivity contribution is 5.74. The van der Waals surface area contributed by atoms with Gasteiger partial charge in [0.05, 0.1) is 0 Å². The van der Waals surface area contributed by atoms with Gasteiger partial charge in [0.1, 0.15) is 0 Å². The van der Waals surface area contributed by atoms with Gasteiger partial charge < -0.3 is 15.5 Å². The van der Waals surface area contributed by atoms with E-state index >= 15 is 0 Å². The fourth-order valence-corrected chi connectivity index (χ4v) is 3.21. The van der Waals surface area contributed by atoms with Crippen LogP contribution < -0.4 is 5.73 Å². The number of carbonyl (C=O) groups is 1. The molecule has 4 nitrogen and oxygen atoms in total. The highest BCUT2D eigenvalue weighted by Crippen LogP contribution is 2.22. The number of amides is 2. The van der Waals surface area contributed by atoms with Gasteiger partial charge in [-0.2, -0.15) is 0 Å². The molecular weight excluding hydrogens is 226 g/mol. The van der Waals surface area contributed by atoms with Gasteiger partial charge in [0, 0.05) is 26.2 Å². The molecule has 1 atom stereocenters. The fourth-order valence-electron chi connectivity index (χ4n) is 3.21. The van der Waals surface area contributed by atoms with E-state index in [1.54, 1.807) is 0 Å². The Labute approximate surface area is 110 Å². The van der Waals surface area contributed by atoms with E-state index in [2.05, 4.69) is 11.8 Å². The number of hydrogen-bond donors (Lipinski definition) is 1. The van der Waals surface area contributed by atoms with Gasteiger partial charge >= 0.3 is 6.03 Å². The minimum Gasteiger partial charge on any atom is -0.330 e. The molecule has 0 radical (unpaired) electrons. The Morgan fingerprint density at radius 3 is 2.50 bits per heavy atom. The van der Waals surface area contributed by atoms with Crippen LogP contribution in [0, 0.1) is 11.8 Å². The standard InChI is InChI=1S/C14H27N3O/c1-12-3-2-8-17(11-12)14(18)16-9-5-13(4-7-15)6-10-16/h12-13H,2-11,15H2,1H3. The zero-order valence-electron chi connectivity index (χ0n) is 11.6. The quantitative estimate of drug-likeness (QED) is 0.817. The van der Waals surface area contributed by atoms with Gasteiger partial charge in [0.2, 0.25) is 0 Å². The Hall–Kier alpha value is -0.770. The lowest BCUT2D eigenvalue weighted by Crippen LogP contribution is -2.49. The molecule has 104 valence electrons. The summed E-state index contributed by atoms with van der Waals surface area (Å²) in [5.41, 5.74) is 5.60. The summed E-state index contributed by atoms with van der Waals surface area (Å²) in [5, 5.41) is 0. The third-order valence-corrected chi connectivity index (χ3v) is 4.39. The van der Waals surface area contributed by atoms with Crippen LogP contribution >= 0.6 is 0 Å². The number of carbonyl (C=O) groups excluding carboxylic acids is 1. The SMILES string of the molecule is CC1CCCN(C(=O)N2CCC(CCN)CC2)C1. The lowest BCUT2D eigenvalue weighted by molar-refractivity contribution is 0.114. The van der Waals surface area contributed by atoms with E-state index in [9.17, 15) is 4.79 Å². The van der Waals surface area contributed by atoms with E-state index in [-0.39, 0.29) is 6.03 Å². The van der Waals surface area contributed by atoms with Gasteiger partial charge in [0.15, 0.2) is 0 Å². The zero-order chi connectivity index (χ0) is 13.0. The van der Waals surface area contributed by atoms with E-state index in [0.717, 1.165) is 64.3 Å². The van der Waals surface area contributed by atoms with Crippen molar-refractivity contribution in [3.63, 3.8) is 0 Å². The minimum absolute atomic E-state index is 0.271. The van der Waals surface area contributed by atoms with Crippen LogP contribution in [0.25, 0.3) is 0 Å². The largest absolute Gasteiger partial charge is 0.330 e. The number of hydrogen-bond acceptors (Lipinski definition) is 2. The summed E-state index contributed by atoms with van der Waals surface area (Å²) in [6, 6.07) is 0.271. The molecule has 2 fully saturated rings. The van der Waals surface area contributed by atoms with Crippen molar-refractivity contribution < 1.29 is 4.79 Å². The number of rotatable bonds is 2. The molecule has 18 heavy (non-hydrogen) atoms. The summed E-state index contributed by atoms with van der Waals surface area (Å²) in [7, 11) is 0. The second-order valence-electron chi connectivity index (χ2n) is 5.98. The number of urea groups is 1. The summed E-state index contributed by atoms with van der Waals surface area (Å²) >= 11 is 0. The Morgan fingerprint density at radius 1 is 1.17 bits per heavy atom. The van der Waals surface area contributed by atoms with Crippen molar-refractivity contribution in [3.05, 3.63) is 0 Å². The van der Waals surface area contributed by atoms with Crippen LogP contribution in [-0.2, 0) is 0 Å². The Balaban J connectivity index is 1.80. The molecule has 2 amide bonds. The van der Waals surface area contributed by atoms with Gasteiger partial charge in [-0.15, -0.1) is 0 Å². The van der Waals surface area contributed by atoms with Crippen LogP contribution in [-0.4, -0.2) is 48.6 Å². The van der Waals surface area contributed by atoms with E-state index in [1.165, 1.54) is 6.42 Å². The molecule has 2 heterocycles. The van der Waals surface area contributed by atoms with Crippen molar-refractivity contribution in [2.45, 2.75) is 39.0 Å². The minimum atomic E-state index is 0.271. The highest BCUT2D eigenvalue weighted by atomic mass is 16.2. The lowest BCUT2D eigenvalue weighted by Gasteiger charge is -2.38. The number of piperidine rings is 2. The van der Waals surface area contributed by atoms with Crippen molar-refractivity contribution in [1.82, 2.24) is 9.80 Å². The maximum atomic E-state index is 12.4. The Bertz CT molecular complexity index is 274.